The van der Waals surface area contributed by atoms with Crippen LogP contribution in [0.3, 0.4) is 0 Å². The SMILES string of the molecule is COc1cc(OC(F)(F)F)ccc1Oc1cc(Cl)cc(OC)c1C(=O)Nc1ccncc1C. The zero-order chi connectivity index (χ0) is 24.2. The lowest BCUT2D eigenvalue weighted by Gasteiger charge is -2.18. The molecule has 0 atom stereocenters. The summed E-state index contributed by atoms with van der Waals surface area (Å²) in [6, 6.07) is 7.69. The number of methoxy groups -OCH3 is 2. The molecule has 0 aliphatic carbocycles. The smallest absolute Gasteiger partial charge is 0.496 e. The van der Waals surface area contributed by atoms with E-state index in [1.807, 2.05) is 0 Å². The van der Waals surface area contributed by atoms with E-state index in [0.29, 0.717) is 5.69 Å². The molecule has 0 aliphatic heterocycles. The number of halogens is 4. The fraction of sp³-hybridized carbons (Fsp3) is 0.182. The number of hydrogen-bond donors (Lipinski definition) is 1. The Labute approximate surface area is 192 Å². The molecule has 174 valence electrons. The Bertz CT molecular complexity index is 1170. The van der Waals surface area contributed by atoms with Gasteiger partial charge in [-0.05, 0) is 36.8 Å². The van der Waals surface area contributed by atoms with Gasteiger partial charge in [-0.1, -0.05) is 11.6 Å². The molecule has 33 heavy (non-hydrogen) atoms. The molecule has 3 rings (SSSR count). The molecular formula is C22H18ClF3N2O5. The van der Waals surface area contributed by atoms with Crippen LogP contribution in [0, 0.1) is 6.92 Å². The predicted molar refractivity (Wildman–Crippen MR) is 115 cm³/mol. The number of rotatable bonds is 7. The number of anilines is 1. The van der Waals surface area contributed by atoms with E-state index in [-0.39, 0.29) is 33.6 Å². The number of ether oxygens (including phenoxy) is 4. The van der Waals surface area contributed by atoms with Gasteiger partial charge in [0, 0.05) is 35.2 Å². The first-order chi connectivity index (χ1) is 15.6. The summed E-state index contributed by atoms with van der Waals surface area (Å²) < 4.78 is 57.8. The fourth-order valence-electron chi connectivity index (χ4n) is 2.87. The maximum Gasteiger partial charge on any atom is 0.573 e. The number of nitrogens with zero attached hydrogens (tertiary/aromatic N) is 1. The third-order valence-electron chi connectivity index (χ3n) is 4.33. The van der Waals surface area contributed by atoms with Gasteiger partial charge in [-0.15, -0.1) is 13.2 Å². The third kappa shape index (κ3) is 5.98. The lowest BCUT2D eigenvalue weighted by atomic mass is 10.1. The Balaban J connectivity index is 2.00. The number of carbonyl (C=O) groups excluding carboxylic acids is 1. The van der Waals surface area contributed by atoms with Crippen LogP contribution in [-0.4, -0.2) is 31.5 Å². The first-order valence-electron chi connectivity index (χ1n) is 9.32. The molecule has 11 heteroatoms. The van der Waals surface area contributed by atoms with Crippen molar-refractivity contribution in [3.05, 3.63) is 64.9 Å². The van der Waals surface area contributed by atoms with Gasteiger partial charge in [0.1, 0.15) is 22.8 Å². The molecule has 1 amide bonds. The molecule has 0 spiro atoms. The van der Waals surface area contributed by atoms with Crippen LogP contribution in [0.1, 0.15) is 15.9 Å². The van der Waals surface area contributed by atoms with Gasteiger partial charge >= 0.3 is 6.36 Å². The highest BCUT2D eigenvalue weighted by Crippen LogP contribution is 2.41. The van der Waals surface area contributed by atoms with Crippen LogP contribution in [-0.2, 0) is 0 Å². The zero-order valence-corrected chi connectivity index (χ0v) is 18.4. The van der Waals surface area contributed by atoms with E-state index < -0.39 is 18.0 Å². The summed E-state index contributed by atoms with van der Waals surface area (Å²) in [7, 11) is 2.60. The van der Waals surface area contributed by atoms with E-state index in [4.69, 9.17) is 25.8 Å². The van der Waals surface area contributed by atoms with Crippen molar-refractivity contribution in [1.29, 1.82) is 0 Å². The van der Waals surface area contributed by atoms with E-state index >= 15 is 0 Å². The second-order valence-corrected chi connectivity index (χ2v) is 7.02. The highest BCUT2D eigenvalue weighted by molar-refractivity contribution is 6.31. The van der Waals surface area contributed by atoms with Crippen molar-refractivity contribution in [1.82, 2.24) is 4.98 Å². The average molecular weight is 483 g/mol. The molecule has 1 N–H and O–H groups in total. The number of alkyl halides is 3. The van der Waals surface area contributed by atoms with Gasteiger partial charge in [-0.3, -0.25) is 9.78 Å². The minimum atomic E-state index is -4.87. The predicted octanol–water partition coefficient (Wildman–Crippen LogP) is 6.00. The molecular weight excluding hydrogens is 465 g/mol. The van der Waals surface area contributed by atoms with E-state index in [2.05, 4.69) is 15.0 Å². The fourth-order valence-corrected chi connectivity index (χ4v) is 3.07. The Morgan fingerprint density at radius 3 is 2.33 bits per heavy atom. The number of aryl methyl sites for hydroxylation is 1. The molecule has 7 nitrogen and oxygen atoms in total. The normalized spacial score (nSPS) is 11.0. The van der Waals surface area contributed by atoms with Crippen LogP contribution in [0.15, 0.2) is 48.8 Å². The van der Waals surface area contributed by atoms with Crippen molar-refractivity contribution in [3.63, 3.8) is 0 Å². The largest absolute Gasteiger partial charge is 0.573 e. The molecule has 0 saturated carbocycles. The second-order valence-electron chi connectivity index (χ2n) is 6.59. The Morgan fingerprint density at radius 1 is 1.00 bits per heavy atom. The molecule has 0 saturated heterocycles. The molecule has 0 unspecified atom stereocenters. The monoisotopic (exact) mass is 482 g/mol. The van der Waals surface area contributed by atoms with Crippen LogP contribution in [0.5, 0.6) is 28.7 Å². The van der Waals surface area contributed by atoms with Crippen LogP contribution in [0.4, 0.5) is 18.9 Å². The molecule has 0 aliphatic rings. The summed E-state index contributed by atoms with van der Waals surface area (Å²) in [4.78, 5) is 17.1. The van der Waals surface area contributed by atoms with Crippen LogP contribution >= 0.6 is 11.6 Å². The first-order valence-corrected chi connectivity index (χ1v) is 9.70. The molecule has 0 radical (unpaired) electrons. The molecule has 0 fully saturated rings. The summed E-state index contributed by atoms with van der Waals surface area (Å²) in [6.45, 7) is 1.77. The van der Waals surface area contributed by atoms with E-state index in [9.17, 15) is 18.0 Å². The lowest BCUT2D eigenvalue weighted by Crippen LogP contribution is -2.17. The standard InChI is InChI=1S/C22H18ClF3N2O5/c1-12-11-27-7-6-15(12)28-21(29)20-18(31-3)8-13(23)9-19(20)32-16-5-4-14(10-17(16)30-2)33-22(24,25)26/h4-11H,1-3H3,(H,27,28,29). The highest BCUT2D eigenvalue weighted by atomic mass is 35.5. The van der Waals surface area contributed by atoms with Crippen molar-refractivity contribution in [3.8, 4) is 28.7 Å². The summed E-state index contributed by atoms with van der Waals surface area (Å²) in [5.41, 5.74) is 1.25. The maximum absolute atomic E-state index is 13.1. The average Bonchev–Trinajstić information content (AvgIpc) is 2.74. The van der Waals surface area contributed by atoms with Crippen molar-refractivity contribution >= 4 is 23.2 Å². The van der Waals surface area contributed by atoms with Gasteiger partial charge in [0.25, 0.3) is 5.91 Å². The quantitative estimate of drug-likeness (QED) is 0.444. The van der Waals surface area contributed by atoms with Gasteiger partial charge in [-0.2, -0.15) is 0 Å². The van der Waals surface area contributed by atoms with Crippen LogP contribution in [0.25, 0.3) is 0 Å². The van der Waals surface area contributed by atoms with Gasteiger partial charge in [0.2, 0.25) is 0 Å². The number of hydrogen-bond acceptors (Lipinski definition) is 6. The number of benzene rings is 2. The number of amides is 1. The number of aromatic nitrogens is 1. The summed E-state index contributed by atoms with van der Waals surface area (Å²) in [5.74, 6) is -0.994. The van der Waals surface area contributed by atoms with E-state index in [0.717, 1.165) is 17.7 Å². The molecule has 2 aromatic carbocycles. The number of nitrogens with one attached hydrogen (secondary N) is 1. The Hall–Kier alpha value is -3.66. The molecule has 1 heterocycles. The lowest BCUT2D eigenvalue weighted by molar-refractivity contribution is -0.274. The molecule has 1 aromatic heterocycles. The Morgan fingerprint density at radius 2 is 1.70 bits per heavy atom. The van der Waals surface area contributed by atoms with Gasteiger partial charge in [0.15, 0.2) is 11.5 Å². The van der Waals surface area contributed by atoms with Crippen molar-refractivity contribution in [2.24, 2.45) is 0 Å². The molecule has 3 aromatic rings. The van der Waals surface area contributed by atoms with Gasteiger partial charge in [0.05, 0.1) is 14.2 Å². The van der Waals surface area contributed by atoms with E-state index in [1.165, 1.54) is 38.6 Å². The minimum absolute atomic E-state index is 0.00801. The number of pyridine rings is 1. The first kappa shape index (κ1) is 24.0. The summed E-state index contributed by atoms with van der Waals surface area (Å²) in [5, 5.41) is 2.96. The zero-order valence-electron chi connectivity index (χ0n) is 17.6. The topological polar surface area (TPSA) is 78.9 Å². The number of carbonyl (C=O) groups is 1. The summed E-state index contributed by atoms with van der Waals surface area (Å²) >= 11 is 6.15. The van der Waals surface area contributed by atoms with Crippen molar-refractivity contribution < 1.29 is 36.9 Å². The van der Waals surface area contributed by atoms with Crippen LogP contribution < -0.4 is 24.3 Å². The second kappa shape index (κ2) is 9.86. The maximum atomic E-state index is 13.1. The van der Waals surface area contributed by atoms with E-state index in [1.54, 1.807) is 19.2 Å². The van der Waals surface area contributed by atoms with Crippen molar-refractivity contribution in [2.45, 2.75) is 13.3 Å². The Kier molecular flexibility index (Phi) is 7.17. The van der Waals surface area contributed by atoms with Gasteiger partial charge in [-0.25, -0.2) is 0 Å². The van der Waals surface area contributed by atoms with Crippen molar-refractivity contribution in [2.75, 3.05) is 19.5 Å². The summed E-state index contributed by atoms with van der Waals surface area (Å²) in [6.07, 6.45) is -1.76. The minimum Gasteiger partial charge on any atom is -0.496 e. The highest BCUT2D eigenvalue weighted by Gasteiger charge is 2.31. The molecule has 0 bridgehead atoms. The third-order valence-corrected chi connectivity index (χ3v) is 4.55. The van der Waals surface area contributed by atoms with Crippen LogP contribution in [0.2, 0.25) is 5.02 Å². The van der Waals surface area contributed by atoms with Gasteiger partial charge < -0.3 is 24.3 Å².